The van der Waals surface area contributed by atoms with Gasteiger partial charge in [-0.1, -0.05) is 0 Å². The number of piperidine rings is 1. The van der Waals surface area contributed by atoms with Crippen LogP contribution in [-0.2, 0) is 4.74 Å². The minimum atomic E-state index is -1.13. The number of hydrogen-bond donors (Lipinski definition) is 1. The lowest BCUT2D eigenvalue weighted by Gasteiger charge is -2.53. The zero-order valence-corrected chi connectivity index (χ0v) is 17.4. The first-order chi connectivity index (χ1) is 13.4. The average molecular weight is 404 g/mol. The van der Waals surface area contributed by atoms with E-state index in [0.717, 1.165) is 6.42 Å². The summed E-state index contributed by atoms with van der Waals surface area (Å²) in [4.78, 5) is 29.6. The van der Waals surface area contributed by atoms with Gasteiger partial charge < -0.3 is 19.6 Å². The van der Waals surface area contributed by atoms with E-state index in [9.17, 15) is 19.1 Å². The third kappa shape index (κ3) is 3.10. The van der Waals surface area contributed by atoms with E-state index in [1.165, 1.54) is 24.3 Å². The summed E-state index contributed by atoms with van der Waals surface area (Å²) in [6, 6.07) is 5.51. The molecule has 29 heavy (non-hydrogen) atoms. The molecule has 0 saturated carbocycles. The number of amides is 2. The second-order valence-electron chi connectivity index (χ2n) is 9.87. The van der Waals surface area contributed by atoms with Gasteiger partial charge in [0, 0.05) is 24.1 Å². The summed E-state index contributed by atoms with van der Waals surface area (Å²) in [5.74, 6) is -0.645. The summed E-state index contributed by atoms with van der Waals surface area (Å²) < 4.78 is 18.9. The molecule has 6 nitrogen and oxygen atoms in total. The zero-order chi connectivity index (χ0) is 21.2. The van der Waals surface area contributed by atoms with E-state index in [0.29, 0.717) is 24.9 Å². The van der Waals surface area contributed by atoms with E-state index < -0.39 is 28.7 Å². The van der Waals surface area contributed by atoms with Crippen molar-refractivity contribution in [3.63, 3.8) is 0 Å². The van der Waals surface area contributed by atoms with E-state index in [1.807, 2.05) is 20.8 Å². The van der Waals surface area contributed by atoms with Crippen molar-refractivity contribution in [3.8, 4) is 0 Å². The lowest BCUT2D eigenvalue weighted by molar-refractivity contribution is -0.115. The van der Waals surface area contributed by atoms with Crippen LogP contribution in [-0.4, -0.2) is 62.8 Å². The Balaban J connectivity index is 1.69. The number of fused-ring (bicyclic) bond motifs is 1. The normalized spacial score (nSPS) is 33.6. The Morgan fingerprint density at radius 2 is 1.90 bits per heavy atom. The summed E-state index contributed by atoms with van der Waals surface area (Å²) in [5.41, 5.74) is -2.21. The molecule has 0 aliphatic carbocycles. The first-order valence-electron chi connectivity index (χ1n) is 10.2. The summed E-state index contributed by atoms with van der Waals surface area (Å²) in [6.07, 6.45) is 1.60. The molecule has 3 fully saturated rings. The number of aliphatic hydroxyl groups is 1. The Hall–Kier alpha value is -2.15. The number of hydrogen-bond acceptors (Lipinski definition) is 4. The maximum Gasteiger partial charge on any atom is 0.410 e. The standard InChI is InChI=1S/C22H29FN2O4/c1-20(2,3)29-19(27)24-12-15-11-17-9-10-21(4,28)22(15,13-24)25(17)18(26)14-5-7-16(23)8-6-14/h5-8,15,17,28H,9-13H2,1-4H3/t15-,17+,21-,22+/m0/s1. The Kier molecular flexibility index (Phi) is 4.46. The highest BCUT2D eigenvalue weighted by Gasteiger charge is 2.70. The first kappa shape index (κ1) is 20.1. The number of likely N-dealkylation sites (tertiary alicyclic amines) is 1. The Morgan fingerprint density at radius 1 is 1.24 bits per heavy atom. The highest BCUT2D eigenvalue weighted by Crippen LogP contribution is 2.56. The van der Waals surface area contributed by atoms with E-state index in [1.54, 1.807) is 16.7 Å². The molecule has 1 aromatic rings. The van der Waals surface area contributed by atoms with Crippen LogP contribution in [0.2, 0.25) is 0 Å². The molecule has 3 aliphatic rings. The molecule has 4 rings (SSSR count). The van der Waals surface area contributed by atoms with Crippen molar-refractivity contribution in [2.45, 2.75) is 69.7 Å². The molecule has 0 radical (unpaired) electrons. The third-order valence-corrected chi connectivity index (χ3v) is 6.76. The largest absolute Gasteiger partial charge is 0.444 e. The molecule has 3 saturated heterocycles. The lowest BCUT2D eigenvalue weighted by Crippen LogP contribution is -2.69. The maximum absolute atomic E-state index is 13.5. The minimum absolute atomic E-state index is 0.0126. The number of carbonyl (C=O) groups excluding carboxylic acids is 2. The van der Waals surface area contributed by atoms with Crippen LogP contribution in [0.15, 0.2) is 24.3 Å². The fraction of sp³-hybridized carbons (Fsp3) is 0.636. The van der Waals surface area contributed by atoms with Gasteiger partial charge in [0.25, 0.3) is 5.91 Å². The Labute approximate surface area is 170 Å². The SMILES string of the molecule is CC(C)(C)OC(=O)N1C[C@@H]2C[C@H]3CC[C@](C)(O)[C@]2(C1)N3C(=O)c1ccc(F)cc1. The van der Waals surface area contributed by atoms with Gasteiger partial charge in [-0.2, -0.15) is 0 Å². The molecule has 1 N–H and O–H groups in total. The molecule has 158 valence electrons. The number of nitrogens with zero attached hydrogens (tertiary/aromatic N) is 2. The smallest absolute Gasteiger partial charge is 0.410 e. The molecule has 2 amide bonds. The fourth-order valence-electron chi connectivity index (χ4n) is 5.53. The minimum Gasteiger partial charge on any atom is -0.444 e. The predicted molar refractivity (Wildman–Crippen MR) is 105 cm³/mol. The average Bonchev–Trinajstić information content (AvgIpc) is 3.09. The molecule has 3 aliphatic heterocycles. The number of ether oxygens (including phenoxy) is 1. The third-order valence-electron chi connectivity index (χ3n) is 6.76. The second kappa shape index (κ2) is 6.42. The van der Waals surface area contributed by atoms with Crippen LogP contribution in [0.5, 0.6) is 0 Å². The van der Waals surface area contributed by atoms with E-state index in [-0.39, 0.29) is 24.4 Å². The summed E-state index contributed by atoms with van der Waals surface area (Å²) in [7, 11) is 0. The predicted octanol–water partition coefficient (Wildman–Crippen LogP) is 3.19. The topological polar surface area (TPSA) is 70.1 Å². The van der Waals surface area contributed by atoms with Crippen LogP contribution in [0.4, 0.5) is 9.18 Å². The van der Waals surface area contributed by atoms with E-state index in [4.69, 9.17) is 4.74 Å². The van der Waals surface area contributed by atoms with Crippen molar-refractivity contribution in [2.24, 2.45) is 5.92 Å². The Bertz CT molecular complexity index is 832. The van der Waals surface area contributed by atoms with Gasteiger partial charge in [0.2, 0.25) is 0 Å². The summed E-state index contributed by atoms with van der Waals surface area (Å²) >= 11 is 0. The van der Waals surface area contributed by atoms with Gasteiger partial charge in [-0.05, 0) is 71.2 Å². The van der Waals surface area contributed by atoms with Gasteiger partial charge in [0.15, 0.2) is 0 Å². The quantitative estimate of drug-likeness (QED) is 0.781. The summed E-state index contributed by atoms with van der Waals surface area (Å²) in [5, 5.41) is 11.4. The fourth-order valence-corrected chi connectivity index (χ4v) is 5.53. The van der Waals surface area contributed by atoms with E-state index >= 15 is 0 Å². The van der Waals surface area contributed by atoms with E-state index in [2.05, 4.69) is 0 Å². The van der Waals surface area contributed by atoms with Gasteiger partial charge in [0.05, 0.1) is 17.7 Å². The molecular formula is C22H29FN2O4. The molecule has 1 spiro atoms. The number of benzene rings is 1. The highest BCUT2D eigenvalue weighted by atomic mass is 19.1. The van der Waals surface area contributed by atoms with Gasteiger partial charge in [-0.25, -0.2) is 9.18 Å². The van der Waals surface area contributed by atoms with Gasteiger partial charge in [-0.15, -0.1) is 0 Å². The van der Waals surface area contributed by atoms with Crippen molar-refractivity contribution in [1.82, 2.24) is 9.80 Å². The van der Waals surface area contributed by atoms with Gasteiger partial charge in [-0.3, -0.25) is 4.79 Å². The Morgan fingerprint density at radius 3 is 2.52 bits per heavy atom. The molecule has 0 unspecified atom stereocenters. The molecule has 1 aromatic carbocycles. The zero-order valence-electron chi connectivity index (χ0n) is 17.4. The second-order valence-corrected chi connectivity index (χ2v) is 9.87. The number of halogens is 1. The molecule has 7 heteroatoms. The van der Waals surface area contributed by atoms with Gasteiger partial charge in [0.1, 0.15) is 11.4 Å². The number of carbonyl (C=O) groups is 2. The van der Waals surface area contributed by atoms with Crippen molar-refractivity contribution < 1.29 is 23.8 Å². The highest BCUT2D eigenvalue weighted by molar-refractivity contribution is 5.95. The van der Waals surface area contributed by atoms with Crippen LogP contribution >= 0.6 is 0 Å². The van der Waals surface area contributed by atoms with Crippen molar-refractivity contribution >= 4 is 12.0 Å². The molecule has 0 aromatic heterocycles. The van der Waals surface area contributed by atoms with Crippen LogP contribution in [0.25, 0.3) is 0 Å². The molecule has 3 heterocycles. The van der Waals surface area contributed by atoms with Crippen molar-refractivity contribution in [1.29, 1.82) is 0 Å². The van der Waals surface area contributed by atoms with Crippen molar-refractivity contribution in [2.75, 3.05) is 13.1 Å². The summed E-state index contributed by atoms with van der Waals surface area (Å²) in [6.45, 7) is 7.91. The van der Waals surface area contributed by atoms with Crippen LogP contribution in [0, 0.1) is 11.7 Å². The van der Waals surface area contributed by atoms with Crippen LogP contribution in [0.3, 0.4) is 0 Å². The van der Waals surface area contributed by atoms with Gasteiger partial charge >= 0.3 is 6.09 Å². The molecule has 2 bridgehead atoms. The molecule has 4 atom stereocenters. The lowest BCUT2D eigenvalue weighted by atomic mass is 9.71. The first-order valence-corrected chi connectivity index (χ1v) is 10.2. The maximum atomic E-state index is 13.5. The molecular weight excluding hydrogens is 375 g/mol. The van der Waals surface area contributed by atoms with Crippen LogP contribution in [0.1, 0.15) is 57.3 Å². The monoisotopic (exact) mass is 404 g/mol. The van der Waals surface area contributed by atoms with Crippen LogP contribution < -0.4 is 0 Å². The van der Waals surface area contributed by atoms with Crippen molar-refractivity contribution in [3.05, 3.63) is 35.6 Å². The number of rotatable bonds is 1.